The molecule has 0 saturated carbocycles. The van der Waals surface area contributed by atoms with Crippen LogP contribution in [0.4, 0.5) is 0 Å². The molecule has 0 aliphatic rings. The number of esters is 1. The highest BCUT2D eigenvalue weighted by Gasteiger charge is 2.10. The number of ether oxygens (including phenoxy) is 1. The first kappa shape index (κ1) is 15.2. The van der Waals surface area contributed by atoms with Crippen molar-refractivity contribution in [1.29, 1.82) is 0 Å². The summed E-state index contributed by atoms with van der Waals surface area (Å²) in [6.07, 6.45) is 8.70. The molecule has 1 aromatic heterocycles. The minimum Gasteiger partial charge on any atom is -0.466 e. The lowest BCUT2D eigenvalue weighted by Gasteiger charge is -2.04. The number of allylic oxidation sites excluding steroid dienone is 2. The average Bonchev–Trinajstić information content (AvgIpc) is 2.89. The Morgan fingerprint density at radius 1 is 1.47 bits per heavy atom. The summed E-state index contributed by atoms with van der Waals surface area (Å²) in [5, 5.41) is 9.91. The lowest BCUT2D eigenvalue weighted by molar-refractivity contribution is -0.134. The molecular formula is C15H20O4. The van der Waals surface area contributed by atoms with Crippen molar-refractivity contribution in [2.45, 2.75) is 32.3 Å². The molecule has 0 aromatic carbocycles. The second-order valence-corrected chi connectivity index (χ2v) is 4.07. The number of carbonyl (C=O) groups is 1. The van der Waals surface area contributed by atoms with Crippen molar-refractivity contribution in [2.24, 2.45) is 0 Å². The van der Waals surface area contributed by atoms with Gasteiger partial charge < -0.3 is 14.3 Å². The summed E-state index contributed by atoms with van der Waals surface area (Å²) in [5.74, 6) is 0.584. The van der Waals surface area contributed by atoms with E-state index in [0.717, 1.165) is 12.8 Å². The minimum atomic E-state index is -0.623. The standard InChI is InChI=1S/C15H20O4/c1-3-4-5-6-7-13(16)14-10-8-12(19-14)9-11-15(17)18-2/h4-5,8-11,13,16H,3,6-7H2,1-2H3/t13-/m0/s1. The first-order valence-electron chi connectivity index (χ1n) is 6.36. The minimum absolute atomic E-state index is 0.441. The summed E-state index contributed by atoms with van der Waals surface area (Å²) in [7, 11) is 1.31. The fourth-order valence-corrected chi connectivity index (χ4v) is 1.54. The number of methoxy groups -OCH3 is 1. The molecule has 0 saturated heterocycles. The molecule has 0 unspecified atom stereocenters. The molecule has 0 aliphatic heterocycles. The number of carbonyl (C=O) groups excluding carboxylic acids is 1. The highest BCUT2D eigenvalue weighted by molar-refractivity contribution is 5.86. The van der Waals surface area contributed by atoms with Gasteiger partial charge in [-0.2, -0.15) is 0 Å². The van der Waals surface area contributed by atoms with Gasteiger partial charge >= 0.3 is 5.97 Å². The molecule has 1 heterocycles. The van der Waals surface area contributed by atoms with Crippen LogP contribution >= 0.6 is 0 Å². The van der Waals surface area contributed by atoms with Gasteiger partial charge in [-0.3, -0.25) is 0 Å². The van der Waals surface area contributed by atoms with E-state index in [2.05, 4.69) is 17.7 Å². The summed E-state index contributed by atoms with van der Waals surface area (Å²) in [4.78, 5) is 10.9. The number of aliphatic hydroxyl groups is 1. The molecule has 4 heteroatoms. The molecule has 4 nitrogen and oxygen atoms in total. The third kappa shape index (κ3) is 5.57. The summed E-state index contributed by atoms with van der Waals surface area (Å²) in [6, 6.07) is 3.42. The third-order valence-corrected chi connectivity index (χ3v) is 2.57. The van der Waals surface area contributed by atoms with Crippen LogP contribution in [0.15, 0.2) is 34.8 Å². The van der Waals surface area contributed by atoms with E-state index in [1.54, 1.807) is 12.1 Å². The van der Waals surface area contributed by atoms with Crippen LogP contribution in [-0.4, -0.2) is 18.2 Å². The van der Waals surface area contributed by atoms with Crippen molar-refractivity contribution in [3.8, 4) is 0 Å². The topological polar surface area (TPSA) is 59.7 Å². The zero-order chi connectivity index (χ0) is 14.1. The van der Waals surface area contributed by atoms with E-state index in [-0.39, 0.29) is 0 Å². The van der Waals surface area contributed by atoms with Gasteiger partial charge in [-0.15, -0.1) is 0 Å². The number of hydrogen-bond donors (Lipinski definition) is 1. The molecule has 1 atom stereocenters. The van der Waals surface area contributed by atoms with E-state index in [4.69, 9.17) is 4.42 Å². The van der Waals surface area contributed by atoms with Crippen LogP contribution in [0.2, 0.25) is 0 Å². The maximum absolute atomic E-state index is 10.9. The number of hydrogen-bond acceptors (Lipinski definition) is 4. The third-order valence-electron chi connectivity index (χ3n) is 2.57. The van der Waals surface area contributed by atoms with E-state index in [1.807, 2.05) is 6.08 Å². The van der Waals surface area contributed by atoms with Crippen molar-refractivity contribution in [3.63, 3.8) is 0 Å². The van der Waals surface area contributed by atoms with Crippen molar-refractivity contribution in [1.82, 2.24) is 0 Å². The molecule has 19 heavy (non-hydrogen) atoms. The second-order valence-electron chi connectivity index (χ2n) is 4.07. The predicted octanol–water partition coefficient (Wildman–Crippen LogP) is 3.25. The molecular weight excluding hydrogens is 244 g/mol. The molecule has 0 amide bonds. The first-order valence-corrected chi connectivity index (χ1v) is 6.36. The Balaban J connectivity index is 2.51. The Bertz CT molecular complexity index is 443. The summed E-state index contributed by atoms with van der Waals surface area (Å²) >= 11 is 0. The Morgan fingerprint density at radius 2 is 2.26 bits per heavy atom. The Hall–Kier alpha value is -1.81. The fraction of sp³-hybridized carbons (Fsp3) is 0.400. The highest BCUT2D eigenvalue weighted by atomic mass is 16.5. The van der Waals surface area contributed by atoms with Gasteiger partial charge in [0.15, 0.2) is 0 Å². The van der Waals surface area contributed by atoms with Gasteiger partial charge in [0, 0.05) is 6.08 Å². The molecule has 0 aliphatic carbocycles. The Morgan fingerprint density at radius 3 is 2.95 bits per heavy atom. The largest absolute Gasteiger partial charge is 0.466 e. The number of rotatable bonds is 7. The van der Waals surface area contributed by atoms with E-state index >= 15 is 0 Å². The Labute approximate surface area is 113 Å². The van der Waals surface area contributed by atoms with Gasteiger partial charge in [0.2, 0.25) is 0 Å². The normalized spacial score (nSPS) is 13.2. The summed E-state index contributed by atoms with van der Waals surface area (Å²) < 4.78 is 9.91. The molecule has 0 fully saturated rings. The number of aliphatic hydroxyl groups excluding tert-OH is 1. The lowest BCUT2D eigenvalue weighted by atomic mass is 10.1. The maximum Gasteiger partial charge on any atom is 0.330 e. The van der Waals surface area contributed by atoms with Crippen LogP contribution in [0.25, 0.3) is 6.08 Å². The van der Waals surface area contributed by atoms with Gasteiger partial charge in [0.05, 0.1) is 7.11 Å². The average molecular weight is 264 g/mol. The molecule has 1 N–H and O–H groups in total. The van der Waals surface area contributed by atoms with Crippen molar-refractivity contribution >= 4 is 12.0 Å². The van der Waals surface area contributed by atoms with Crippen LogP contribution < -0.4 is 0 Å². The zero-order valence-electron chi connectivity index (χ0n) is 11.3. The zero-order valence-corrected chi connectivity index (χ0v) is 11.3. The summed E-state index contributed by atoms with van der Waals surface area (Å²) in [6.45, 7) is 2.07. The van der Waals surface area contributed by atoms with E-state index < -0.39 is 12.1 Å². The van der Waals surface area contributed by atoms with Gasteiger partial charge in [0.1, 0.15) is 17.6 Å². The van der Waals surface area contributed by atoms with E-state index in [9.17, 15) is 9.90 Å². The van der Waals surface area contributed by atoms with Crippen LogP contribution in [-0.2, 0) is 9.53 Å². The van der Waals surface area contributed by atoms with Gasteiger partial charge in [0.25, 0.3) is 0 Å². The Kier molecular flexibility index (Phi) is 6.68. The molecule has 0 spiro atoms. The summed E-state index contributed by atoms with van der Waals surface area (Å²) in [5.41, 5.74) is 0. The van der Waals surface area contributed by atoms with Crippen molar-refractivity contribution in [2.75, 3.05) is 7.11 Å². The highest BCUT2D eigenvalue weighted by Crippen LogP contribution is 2.21. The van der Waals surface area contributed by atoms with Gasteiger partial charge in [-0.05, 0) is 37.5 Å². The number of furan rings is 1. The predicted molar refractivity (Wildman–Crippen MR) is 73.4 cm³/mol. The van der Waals surface area contributed by atoms with E-state index in [0.29, 0.717) is 17.9 Å². The van der Waals surface area contributed by atoms with Crippen molar-refractivity contribution in [3.05, 3.63) is 41.9 Å². The monoisotopic (exact) mass is 264 g/mol. The molecule has 0 radical (unpaired) electrons. The quantitative estimate of drug-likeness (QED) is 0.466. The molecule has 0 bridgehead atoms. The molecule has 1 rings (SSSR count). The second kappa shape index (κ2) is 8.32. The first-order chi connectivity index (χ1) is 9.17. The maximum atomic E-state index is 10.9. The van der Waals surface area contributed by atoms with Crippen LogP contribution in [0.5, 0.6) is 0 Å². The SMILES string of the molecule is CCC=CCC[C@H](O)c1ccc(C=CC(=O)OC)o1. The smallest absolute Gasteiger partial charge is 0.330 e. The van der Waals surface area contributed by atoms with Crippen molar-refractivity contribution < 1.29 is 19.1 Å². The van der Waals surface area contributed by atoms with Crippen LogP contribution in [0.3, 0.4) is 0 Å². The van der Waals surface area contributed by atoms with E-state index in [1.165, 1.54) is 19.3 Å². The van der Waals surface area contributed by atoms with Gasteiger partial charge in [-0.25, -0.2) is 4.79 Å². The fourth-order valence-electron chi connectivity index (χ4n) is 1.54. The van der Waals surface area contributed by atoms with Crippen LogP contribution in [0, 0.1) is 0 Å². The molecule has 104 valence electrons. The molecule has 1 aromatic rings. The van der Waals surface area contributed by atoms with Gasteiger partial charge in [-0.1, -0.05) is 19.1 Å². The van der Waals surface area contributed by atoms with Crippen LogP contribution in [0.1, 0.15) is 43.8 Å². The lowest BCUT2D eigenvalue weighted by Crippen LogP contribution is -1.94.